The van der Waals surface area contributed by atoms with Crippen molar-refractivity contribution in [2.24, 2.45) is 0 Å². The first kappa shape index (κ1) is 47.2. The SMILES string of the molecule is Fc1ccc(N(c2cc(C(F)(F)F)cc(C(F)(F)F)c2)c2ccc3c(c2)C2(c4ccccc4-c4ccccc42)c2cc(N(c4ccc(F)cc4)c4cc(C(F)(F)F)cc(C(F)(F)F)c4)c4ccccc4c2-3)cc1. The van der Waals surface area contributed by atoms with Gasteiger partial charge in [0.05, 0.1) is 33.4 Å². The molecule has 0 saturated carbocycles. The van der Waals surface area contributed by atoms with Gasteiger partial charge in [0.1, 0.15) is 11.6 Å². The van der Waals surface area contributed by atoms with Crippen LogP contribution in [0, 0.1) is 11.6 Å². The molecule has 0 aromatic heterocycles. The number of alkyl halides is 12. The summed E-state index contributed by atoms with van der Waals surface area (Å²) in [6, 6.07) is 38.5. The fourth-order valence-electron chi connectivity index (χ4n) is 10.5. The van der Waals surface area contributed by atoms with Crippen molar-refractivity contribution in [1.82, 2.24) is 0 Å². The van der Waals surface area contributed by atoms with Crippen LogP contribution in [0.15, 0.2) is 182 Å². The van der Waals surface area contributed by atoms with Crippen molar-refractivity contribution in [3.63, 3.8) is 0 Å². The molecule has 366 valence electrons. The Hall–Kier alpha value is -8.14. The molecular weight excluding hydrogens is 979 g/mol. The van der Waals surface area contributed by atoms with Gasteiger partial charge in [-0.15, -0.1) is 0 Å². The van der Waals surface area contributed by atoms with E-state index in [9.17, 15) is 61.5 Å². The van der Waals surface area contributed by atoms with Crippen LogP contribution in [0.25, 0.3) is 33.0 Å². The summed E-state index contributed by atoms with van der Waals surface area (Å²) in [6.07, 6.45) is -21.0. The molecule has 16 heteroatoms. The van der Waals surface area contributed by atoms with Gasteiger partial charge in [-0.05, 0) is 153 Å². The van der Waals surface area contributed by atoms with Crippen LogP contribution in [-0.4, -0.2) is 0 Å². The van der Waals surface area contributed by atoms with E-state index in [1.807, 2.05) is 24.3 Å². The highest BCUT2D eigenvalue weighted by Crippen LogP contribution is 2.65. The van der Waals surface area contributed by atoms with Crippen LogP contribution in [0.1, 0.15) is 44.5 Å². The average molecular weight is 1010 g/mol. The molecule has 2 nitrogen and oxygen atoms in total. The first-order valence-corrected chi connectivity index (χ1v) is 22.1. The number of halogens is 14. The maximum Gasteiger partial charge on any atom is 0.416 e. The minimum absolute atomic E-state index is 0.00127. The van der Waals surface area contributed by atoms with E-state index in [1.165, 1.54) is 35.2 Å². The summed E-state index contributed by atoms with van der Waals surface area (Å²) < 4.78 is 204. The lowest BCUT2D eigenvalue weighted by Crippen LogP contribution is -2.26. The number of anilines is 6. The molecule has 73 heavy (non-hydrogen) atoms. The number of hydrogen-bond acceptors (Lipinski definition) is 2. The topological polar surface area (TPSA) is 6.48 Å². The van der Waals surface area contributed by atoms with E-state index < -0.39 is 75.4 Å². The second kappa shape index (κ2) is 16.4. The van der Waals surface area contributed by atoms with Gasteiger partial charge < -0.3 is 9.80 Å². The Morgan fingerprint density at radius 3 is 1.16 bits per heavy atom. The molecule has 2 aliphatic carbocycles. The largest absolute Gasteiger partial charge is 0.416 e. The lowest BCUT2D eigenvalue weighted by atomic mass is 9.70. The average Bonchev–Trinajstić information content (AvgIpc) is 3.81. The quantitative estimate of drug-likeness (QED) is 0.153. The summed E-state index contributed by atoms with van der Waals surface area (Å²) in [5.41, 5.74) is -4.36. The van der Waals surface area contributed by atoms with Crippen molar-refractivity contribution < 1.29 is 61.5 Å². The zero-order valence-electron chi connectivity index (χ0n) is 37.0. The van der Waals surface area contributed by atoms with Crippen molar-refractivity contribution in [3.05, 3.63) is 238 Å². The lowest BCUT2D eigenvalue weighted by molar-refractivity contribution is -0.144. The Bertz CT molecular complexity index is 3560. The van der Waals surface area contributed by atoms with Crippen LogP contribution >= 0.6 is 0 Å². The normalized spacial score (nSPS) is 13.7. The summed E-state index contributed by atoms with van der Waals surface area (Å²) in [7, 11) is 0. The van der Waals surface area contributed by atoms with E-state index in [0.29, 0.717) is 79.5 Å². The van der Waals surface area contributed by atoms with Crippen LogP contribution in [0.2, 0.25) is 0 Å². The Morgan fingerprint density at radius 1 is 0.301 bits per heavy atom. The molecule has 1 spiro atoms. The molecule has 0 fully saturated rings. The van der Waals surface area contributed by atoms with E-state index >= 15 is 0 Å². The Morgan fingerprint density at radius 2 is 0.699 bits per heavy atom. The minimum atomic E-state index is -5.25. The molecular formula is C57H30F14N2. The van der Waals surface area contributed by atoms with Gasteiger partial charge in [-0.1, -0.05) is 78.9 Å². The molecule has 11 rings (SSSR count). The number of nitrogens with zero attached hydrogens (tertiary/aromatic N) is 2. The molecule has 0 radical (unpaired) electrons. The van der Waals surface area contributed by atoms with E-state index in [1.54, 1.807) is 66.7 Å². The second-order valence-corrected chi connectivity index (χ2v) is 17.6. The van der Waals surface area contributed by atoms with Gasteiger partial charge in [-0.3, -0.25) is 0 Å². The zero-order valence-corrected chi connectivity index (χ0v) is 37.0. The summed E-state index contributed by atoms with van der Waals surface area (Å²) in [4.78, 5) is 2.32. The fraction of sp³-hybridized carbons (Fsp3) is 0.0877. The first-order chi connectivity index (χ1) is 34.5. The van der Waals surface area contributed by atoms with Crippen LogP contribution in [0.3, 0.4) is 0 Å². The standard InChI is InChI=1S/C57H30F14N2/c58-35-13-17-37(18-14-35)72(40-25-31(54(60,61)62)23-32(26-40)55(63,64)65)39-21-22-46-49(29-39)53(47-11-5-3-7-42(47)43-8-4-6-12-48(43)53)50-30-51(44-9-1-2-10-45(44)52(46)50)73(38-19-15-36(59)16-20-38)41-27-33(56(66,67)68)24-34(28-41)57(69,70)71/h1-30H. The third kappa shape index (κ3) is 7.72. The van der Waals surface area contributed by atoms with Gasteiger partial charge in [0.15, 0.2) is 0 Å². The van der Waals surface area contributed by atoms with Crippen molar-refractivity contribution in [2.45, 2.75) is 30.1 Å². The molecule has 9 aromatic rings. The monoisotopic (exact) mass is 1010 g/mol. The van der Waals surface area contributed by atoms with Gasteiger partial charge in [0.25, 0.3) is 0 Å². The highest BCUT2D eigenvalue weighted by molar-refractivity contribution is 6.12. The molecule has 0 unspecified atom stereocenters. The molecule has 0 aliphatic heterocycles. The molecule has 9 aromatic carbocycles. The minimum Gasteiger partial charge on any atom is -0.310 e. The summed E-state index contributed by atoms with van der Waals surface area (Å²) in [5, 5.41) is 0.765. The van der Waals surface area contributed by atoms with Gasteiger partial charge >= 0.3 is 24.7 Å². The van der Waals surface area contributed by atoms with E-state index in [-0.39, 0.29) is 34.9 Å². The van der Waals surface area contributed by atoms with E-state index in [0.717, 1.165) is 29.2 Å². The van der Waals surface area contributed by atoms with E-state index in [2.05, 4.69) is 0 Å². The molecule has 0 heterocycles. The van der Waals surface area contributed by atoms with Gasteiger partial charge in [-0.25, -0.2) is 8.78 Å². The van der Waals surface area contributed by atoms with Gasteiger partial charge in [0, 0.05) is 33.8 Å². The van der Waals surface area contributed by atoms with Crippen molar-refractivity contribution in [2.75, 3.05) is 9.80 Å². The molecule has 2 aliphatic rings. The predicted molar refractivity (Wildman–Crippen MR) is 250 cm³/mol. The van der Waals surface area contributed by atoms with Crippen molar-refractivity contribution in [3.8, 4) is 22.3 Å². The van der Waals surface area contributed by atoms with Gasteiger partial charge in [0.2, 0.25) is 0 Å². The Kier molecular flexibility index (Phi) is 10.6. The summed E-state index contributed by atoms with van der Waals surface area (Å²) in [5.74, 6) is -1.50. The van der Waals surface area contributed by atoms with Gasteiger partial charge in [-0.2, -0.15) is 52.7 Å². The van der Waals surface area contributed by atoms with Crippen LogP contribution in [0.4, 0.5) is 95.6 Å². The highest BCUT2D eigenvalue weighted by atomic mass is 19.4. The van der Waals surface area contributed by atoms with Crippen LogP contribution in [-0.2, 0) is 30.1 Å². The van der Waals surface area contributed by atoms with Crippen LogP contribution < -0.4 is 9.80 Å². The molecule has 0 amide bonds. The summed E-state index contributed by atoms with van der Waals surface area (Å²) >= 11 is 0. The fourth-order valence-corrected chi connectivity index (χ4v) is 10.5. The third-order valence-electron chi connectivity index (χ3n) is 13.4. The number of rotatable bonds is 6. The molecule has 0 atom stereocenters. The maximum atomic E-state index is 14.7. The Balaban J connectivity index is 1.26. The van der Waals surface area contributed by atoms with Crippen molar-refractivity contribution >= 4 is 44.9 Å². The number of hydrogen-bond donors (Lipinski definition) is 0. The molecule has 0 bridgehead atoms. The smallest absolute Gasteiger partial charge is 0.310 e. The zero-order chi connectivity index (χ0) is 51.6. The molecule has 0 N–H and O–H groups in total. The number of benzene rings is 9. The predicted octanol–water partition coefficient (Wildman–Crippen LogP) is 18.5. The lowest BCUT2D eigenvalue weighted by Gasteiger charge is -2.34. The Labute approximate surface area is 405 Å². The van der Waals surface area contributed by atoms with E-state index in [4.69, 9.17) is 0 Å². The maximum absolute atomic E-state index is 14.7. The molecule has 0 saturated heterocycles. The first-order valence-electron chi connectivity index (χ1n) is 22.1. The highest BCUT2D eigenvalue weighted by Gasteiger charge is 2.53. The second-order valence-electron chi connectivity index (χ2n) is 17.6. The van der Waals surface area contributed by atoms with Crippen molar-refractivity contribution in [1.29, 1.82) is 0 Å². The number of fused-ring (bicyclic) bond motifs is 12. The van der Waals surface area contributed by atoms with Crippen LogP contribution in [0.5, 0.6) is 0 Å². The summed E-state index contributed by atoms with van der Waals surface area (Å²) in [6.45, 7) is 0. The third-order valence-corrected chi connectivity index (χ3v) is 13.4.